The zero-order valence-corrected chi connectivity index (χ0v) is 9.96. The van der Waals surface area contributed by atoms with Gasteiger partial charge in [0.2, 0.25) is 0 Å². The van der Waals surface area contributed by atoms with Gasteiger partial charge in [0.1, 0.15) is 9.75 Å². The molecule has 0 atom stereocenters. The number of nitrogens with one attached hydrogen (secondary N) is 1. The van der Waals surface area contributed by atoms with Crippen molar-refractivity contribution in [2.45, 2.75) is 9.75 Å². The van der Waals surface area contributed by atoms with Gasteiger partial charge in [-0.1, -0.05) is 6.07 Å². The minimum absolute atomic E-state index is 0.0622. The van der Waals surface area contributed by atoms with Gasteiger partial charge in [-0.25, -0.2) is 8.42 Å². The molecule has 0 saturated carbocycles. The standard InChI is InChI=1S/C8H13NO5S2/c10-4-8(5-11,6-12)9-16(13,14)7-2-1-3-15-7/h1-3,9-12H,4-6H2. The van der Waals surface area contributed by atoms with Gasteiger partial charge in [-0.3, -0.25) is 0 Å². The minimum Gasteiger partial charge on any atom is -0.394 e. The molecule has 16 heavy (non-hydrogen) atoms. The molecule has 8 heteroatoms. The molecule has 0 amide bonds. The molecule has 1 rings (SSSR count). The number of hydrogen-bond acceptors (Lipinski definition) is 6. The molecule has 1 heterocycles. The first-order valence-electron chi connectivity index (χ1n) is 4.40. The first kappa shape index (κ1) is 13.6. The number of thiophene rings is 1. The van der Waals surface area contributed by atoms with Gasteiger partial charge >= 0.3 is 0 Å². The van der Waals surface area contributed by atoms with Gasteiger partial charge in [0.15, 0.2) is 0 Å². The number of rotatable bonds is 6. The van der Waals surface area contributed by atoms with E-state index in [1.54, 1.807) is 11.4 Å². The normalized spacial score (nSPS) is 12.9. The fourth-order valence-electron chi connectivity index (χ4n) is 0.999. The van der Waals surface area contributed by atoms with Gasteiger partial charge in [-0.05, 0) is 11.4 Å². The molecule has 4 N–H and O–H groups in total. The highest BCUT2D eigenvalue weighted by Gasteiger charge is 2.34. The number of hydrogen-bond donors (Lipinski definition) is 4. The molecule has 0 bridgehead atoms. The fourth-order valence-corrected chi connectivity index (χ4v) is 3.37. The number of aliphatic hydroxyl groups excluding tert-OH is 3. The highest BCUT2D eigenvalue weighted by Crippen LogP contribution is 2.18. The monoisotopic (exact) mass is 267 g/mol. The molecule has 0 saturated heterocycles. The van der Waals surface area contributed by atoms with Crippen LogP contribution in [0, 0.1) is 0 Å². The Morgan fingerprint density at radius 3 is 2.19 bits per heavy atom. The molecule has 0 unspecified atom stereocenters. The lowest BCUT2D eigenvalue weighted by molar-refractivity contribution is 0.0582. The maximum absolute atomic E-state index is 11.8. The Bertz CT molecular complexity index is 401. The van der Waals surface area contributed by atoms with Crippen LogP contribution in [-0.2, 0) is 10.0 Å². The minimum atomic E-state index is -3.82. The first-order chi connectivity index (χ1) is 7.49. The summed E-state index contributed by atoms with van der Waals surface area (Å²) >= 11 is 1.01. The number of aliphatic hydroxyl groups is 3. The van der Waals surface area contributed by atoms with Crippen LogP contribution in [-0.4, -0.2) is 49.1 Å². The third kappa shape index (κ3) is 2.78. The number of sulfonamides is 1. The summed E-state index contributed by atoms with van der Waals surface area (Å²) in [6.45, 7) is -2.07. The summed E-state index contributed by atoms with van der Waals surface area (Å²) in [6.07, 6.45) is 0. The Kier molecular flexibility index (Phi) is 4.42. The molecule has 0 aliphatic rings. The van der Waals surface area contributed by atoms with Crippen LogP contribution in [0.5, 0.6) is 0 Å². The molecule has 6 nitrogen and oxygen atoms in total. The summed E-state index contributed by atoms with van der Waals surface area (Å²) in [5.41, 5.74) is -1.64. The predicted octanol–water partition coefficient (Wildman–Crippen LogP) is -1.26. The summed E-state index contributed by atoms with van der Waals surface area (Å²) in [7, 11) is -3.82. The SMILES string of the molecule is O=S(=O)(NC(CO)(CO)CO)c1cccs1. The zero-order valence-electron chi connectivity index (χ0n) is 8.33. The highest BCUT2D eigenvalue weighted by atomic mass is 32.2. The highest BCUT2D eigenvalue weighted by molar-refractivity contribution is 7.91. The van der Waals surface area contributed by atoms with Gasteiger partial charge in [0.05, 0.1) is 19.8 Å². The zero-order chi connectivity index (χ0) is 12.2. The molecule has 1 aromatic heterocycles. The average Bonchev–Trinajstić information content (AvgIpc) is 2.80. The van der Waals surface area contributed by atoms with Crippen molar-refractivity contribution in [3.63, 3.8) is 0 Å². The summed E-state index contributed by atoms with van der Waals surface area (Å²) in [5, 5.41) is 28.6. The van der Waals surface area contributed by atoms with Gasteiger partial charge < -0.3 is 15.3 Å². The second kappa shape index (κ2) is 5.21. The maximum Gasteiger partial charge on any atom is 0.250 e. The molecule has 0 spiro atoms. The van der Waals surface area contributed by atoms with Crippen LogP contribution >= 0.6 is 11.3 Å². The van der Waals surface area contributed by atoms with Crippen LogP contribution < -0.4 is 4.72 Å². The second-order valence-electron chi connectivity index (χ2n) is 3.29. The van der Waals surface area contributed by atoms with E-state index in [0.29, 0.717) is 0 Å². The molecule has 0 aliphatic carbocycles. The van der Waals surface area contributed by atoms with E-state index in [4.69, 9.17) is 15.3 Å². The van der Waals surface area contributed by atoms with Crippen molar-refractivity contribution in [3.05, 3.63) is 17.5 Å². The summed E-state index contributed by atoms with van der Waals surface area (Å²) in [5.74, 6) is 0. The van der Waals surface area contributed by atoms with Crippen molar-refractivity contribution < 1.29 is 23.7 Å². The van der Waals surface area contributed by atoms with Crippen molar-refractivity contribution in [1.29, 1.82) is 0 Å². The lowest BCUT2D eigenvalue weighted by atomic mass is 10.1. The Labute approximate surface area is 97.2 Å². The van der Waals surface area contributed by atoms with E-state index in [-0.39, 0.29) is 4.21 Å². The molecular formula is C8H13NO5S2. The smallest absolute Gasteiger partial charge is 0.250 e. The van der Waals surface area contributed by atoms with Gasteiger partial charge in [0, 0.05) is 0 Å². The van der Waals surface area contributed by atoms with Gasteiger partial charge in [-0.2, -0.15) is 4.72 Å². The van der Waals surface area contributed by atoms with Crippen LogP contribution in [0.4, 0.5) is 0 Å². The van der Waals surface area contributed by atoms with E-state index < -0.39 is 35.4 Å². The lowest BCUT2D eigenvalue weighted by Crippen LogP contribution is -2.56. The van der Waals surface area contributed by atoms with Crippen molar-refractivity contribution in [2.24, 2.45) is 0 Å². The topological polar surface area (TPSA) is 107 Å². The van der Waals surface area contributed by atoms with Crippen molar-refractivity contribution in [2.75, 3.05) is 19.8 Å². The summed E-state index contributed by atoms with van der Waals surface area (Å²) in [4.78, 5) is 0. The molecule has 0 fully saturated rings. The Balaban J connectivity index is 2.96. The van der Waals surface area contributed by atoms with Crippen molar-refractivity contribution in [3.8, 4) is 0 Å². The van der Waals surface area contributed by atoms with Crippen LogP contribution in [0.2, 0.25) is 0 Å². The largest absolute Gasteiger partial charge is 0.394 e. The summed E-state index contributed by atoms with van der Waals surface area (Å²) in [6, 6.07) is 2.96. The lowest BCUT2D eigenvalue weighted by Gasteiger charge is -2.27. The van der Waals surface area contributed by atoms with E-state index in [1.807, 2.05) is 0 Å². The van der Waals surface area contributed by atoms with E-state index in [1.165, 1.54) is 6.07 Å². The fraction of sp³-hybridized carbons (Fsp3) is 0.500. The third-order valence-electron chi connectivity index (χ3n) is 2.02. The van der Waals surface area contributed by atoms with Crippen LogP contribution in [0.15, 0.2) is 21.7 Å². The predicted molar refractivity (Wildman–Crippen MR) is 58.6 cm³/mol. The first-order valence-corrected chi connectivity index (χ1v) is 6.76. The quantitative estimate of drug-likeness (QED) is 0.515. The average molecular weight is 267 g/mol. The van der Waals surface area contributed by atoms with Crippen LogP contribution in [0.1, 0.15) is 0 Å². The van der Waals surface area contributed by atoms with Crippen molar-refractivity contribution in [1.82, 2.24) is 4.72 Å². The van der Waals surface area contributed by atoms with E-state index in [2.05, 4.69) is 4.72 Å². The molecule has 1 aromatic rings. The Hall–Kier alpha value is -0.510. The second-order valence-corrected chi connectivity index (χ2v) is 6.15. The molecule has 92 valence electrons. The van der Waals surface area contributed by atoms with Gasteiger partial charge in [-0.15, -0.1) is 11.3 Å². The van der Waals surface area contributed by atoms with Crippen LogP contribution in [0.25, 0.3) is 0 Å². The Morgan fingerprint density at radius 1 is 1.25 bits per heavy atom. The Morgan fingerprint density at radius 2 is 1.81 bits per heavy atom. The van der Waals surface area contributed by atoms with E-state index in [0.717, 1.165) is 11.3 Å². The molecule has 0 aromatic carbocycles. The van der Waals surface area contributed by atoms with E-state index >= 15 is 0 Å². The maximum atomic E-state index is 11.8. The molecule has 0 radical (unpaired) electrons. The molecule has 0 aliphatic heterocycles. The van der Waals surface area contributed by atoms with E-state index in [9.17, 15) is 8.42 Å². The molecular weight excluding hydrogens is 254 g/mol. The van der Waals surface area contributed by atoms with Crippen LogP contribution in [0.3, 0.4) is 0 Å². The van der Waals surface area contributed by atoms with Crippen molar-refractivity contribution >= 4 is 21.4 Å². The van der Waals surface area contributed by atoms with Gasteiger partial charge in [0.25, 0.3) is 10.0 Å². The third-order valence-corrected chi connectivity index (χ3v) is 4.99. The summed E-state index contributed by atoms with van der Waals surface area (Å²) < 4.78 is 25.7.